The number of benzene rings is 4. The second-order valence-electron chi connectivity index (χ2n) is 9.97. The fourth-order valence-corrected chi connectivity index (χ4v) is 5.43. The molecule has 4 aromatic rings. The van der Waals surface area contributed by atoms with E-state index in [0.717, 1.165) is 59.5 Å². The van der Waals surface area contributed by atoms with Gasteiger partial charge in [0.2, 0.25) is 0 Å². The predicted molar refractivity (Wildman–Crippen MR) is 166 cm³/mol. The molecule has 1 atom stereocenters. The number of allylic oxidation sites excluding steroid dienone is 1. The third-order valence-corrected chi connectivity index (χ3v) is 7.55. The highest BCUT2D eigenvalue weighted by atomic mass is 79.9. The number of nitrogens with zero attached hydrogens (tertiary/aromatic N) is 1. The maximum atomic E-state index is 13.9. The monoisotopic (exact) mass is 599 g/mol. The van der Waals surface area contributed by atoms with E-state index in [4.69, 9.17) is 9.47 Å². The van der Waals surface area contributed by atoms with Crippen molar-refractivity contribution in [2.45, 2.75) is 38.8 Å². The van der Waals surface area contributed by atoms with Crippen LogP contribution in [0.25, 0.3) is 5.57 Å². The van der Waals surface area contributed by atoms with Crippen LogP contribution in [-0.4, -0.2) is 18.5 Å². The first-order chi connectivity index (χ1) is 19.7. The number of anilines is 1. The number of ether oxygens (including phenoxy) is 2. The molecule has 0 fully saturated rings. The molecule has 5 heteroatoms. The third-order valence-electron chi connectivity index (χ3n) is 7.23. The summed E-state index contributed by atoms with van der Waals surface area (Å²) in [6, 6.07) is 32.0. The summed E-state index contributed by atoms with van der Waals surface area (Å²) in [5, 5.41) is 0.791. The van der Waals surface area contributed by atoms with Crippen molar-refractivity contribution >= 4 is 27.2 Å². The van der Waals surface area contributed by atoms with E-state index >= 15 is 0 Å². The molecule has 0 bridgehead atoms. The molecule has 5 rings (SSSR count). The van der Waals surface area contributed by atoms with Gasteiger partial charge in [-0.3, -0.25) is 0 Å². The number of unbranched alkanes of at least 4 members (excludes halogenated alkanes) is 1. The van der Waals surface area contributed by atoms with Crippen molar-refractivity contribution in [3.8, 4) is 11.5 Å². The predicted octanol–water partition coefficient (Wildman–Crippen LogP) is 9.17. The molecule has 0 spiro atoms. The number of halogens is 2. The van der Waals surface area contributed by atoms with Gasteiger partial charge in [-0.15, -0.1) is 0 Å². The second-order valence-corrected chi connectivity index (χ2v) is 10.8. The zero-order valence-corrected chi connectivity index (χ0v) is 24.4. The molecule has 4 aromatic carbocycles. The summed E-state index contributed by atoms with van der Waals surface area (Å²) >= 11 is 3.43. The molecule has 0 saturated carbocycles. The Labute approximate surface area is 245 Å². The summed E-state index contributed by atoms with van der Waals surface area (Å²) < 4.78 is 25.9. The van der Waals surface area contributed by atoms with E-state index in [9.17, 15) is 4.39 Å². The van der Waals surface area contributed by atoms with Gasteiger partial charge in [-0.2, -0.15) is 0 Å². The Balaban J connectivity index is 1.52. The number of fused-ring (bicyclic) bond motifs is 1. The first-order valence-electron chi connectivity index (χ1n) is 14.0. The lowest BCUT2D eigenvalue weighted by atomic mass is 9.84. The standard InChI is InChI=1S/C35H35BrFNO2/c1-2-3-9-33(27-10-16-31(17-11-27)39-23-21-36)35-34-19-18-32(40-25-26-7-5-4-6-8-26)24-28(34)20-22-38(35)30-14-12-29(37)13-15-30/h4-19,24,35H,2-3,20-23,25H2,1H3/b33-9+. The maximum absolute atomic E-state index is 13.9. The summed E-state index contributed by atoms with van der Waals surface area (Å²) in [5.41, 5.74) is 7.11. The van der Waals surface area contributed by atoms with Crippen LogP contribution in [-0.2, 0) is 13.0 Å². The minimum atomic E-state index is -0.223. The minimum absolute atomic E-state index is 0.0155. The van der Waals surface area contributed by atoms with Crippen molar-refractivity contribution in [1.29, 1.82) is 0 Å². The van der Waals surface area contributed by atoms with Crippen LogP contribution >= 0.6 is 15.9 Å². The van der Waals surface area contributed by atoms with E-state index in [2.05, 4.69) is 76.3 Å². The lowest BCUT2D eigenvalue weighted by molar-refractivity contribution is 0.305. The quantitative estimate of drug-likeness (QED) is 0.160. The summed E-state index contributed by atoms with van der Waals surface area (Å²) in [6.07, 6.45) is 5.27. The van der Waals surface area contributed by atoms with Crippen molar-refractivity contribution in [3.05, 3.63) is 131 Å². The summed E-state index contributed by atoms with van der Waals surface area (Å²) in [4.78, 5) is 2.41. The molecule has 3 nitrogen and oxygen atoms in total. The molecule has 0 N–H and O–H groups in total. The van der Waals surface area contributed by atoms with E-state index in [1.807, 2.05) is 42.5 Å². The van der Waals surface area contributed by atoms with Crippen molar-refractivity contribution in [3.63, 3.8) is 0 Å². The Hall–Kier alpha value is -3.57. The van der Waals surface area contributed by atoms with Crippen LogP contribution in [0.1, 0.15) is 48.1 Å². The number of alkyl halides is 1. The molecule has 0 amide bonds. The smallest absolute Gasteiger partial charge is 0.123 e. The van der Waals surface area contributed by atoms with Gasteiger partial charge in [-0.05, 0) is 89.2 Å². The van der Waals surface area contributed by atoms with Gasteiger partial charge in [-0.25, -0.2) is 4.39 Å². The summed E-state index contributed by atoms with van der Waals surface area (Å²) in [7, 11) is 0. The van der Waals surface area contributed by atoms with Gasteiger partial charge in [0.15, 0.2) is 0 Å². The van der Waals surface area contributed by atoms with Gasteiger partial charge in [0.1, 0.15) is 23.9 Å². The normalized spacial score (nSPS) is 15.0. The lowest BCUT2D eigenvalue weighted by Crippen LogP contribution is -2.36. The number of hydrogen-bond acceptors (Lipinski definition) is 3. The molecular weight excluding hydrogens is 565 g/mol. The Kier molecular flexibility index (Phi) is 9.56. The van der Waals surface area contributed by atoms with Crippen LogP contribution in [0, 0.1) is 5.82 Å². The first-order valence-corrected chi connectivity index (χ1v) is 15.1. The first kappa shape index (κ1) is 28.0. The van der Waals surface area contributed by atoms with Crippen LogP contribution in [0.5, 0.6) is 11.5 Å². The highest BCUT2D eigenvalue weighted by Crippen LogP contribution is 2.44. The summed E-state index contributed by atoms with van der Waals surface area (Å²) in [6.45, 7) is 4.19. The fourth-order valence-electron chi connectivity index (χ4n) is 5.27. The molecule has 0 radical (unpaired) electrons. The molecule has 0 saturated heterocycles. The number of rotatable bonds is 11. The minimum Gasteiger partial charge on any atom is -0.493 e. The van der Waals surface area contributed by atoms with Gasteiger partial charge < -0.3 is 14.4 Å². The van der Waals surface area contributed by atoms with Crippen LogP contribution in [0.4, 0.5) is 10.1 Å². The zero-order chi connectivity index (χ0) is 27.7. The Morgan fingerprint density at radius 2 is 1.68 bits per heavy atom. The molecule has 0 aromatic heterocycles. The molecular formula is C35H35BrFNO2. The highest BCUT2D eigenvalue weighted by Gasteiger charge is 2.31. The maximum Gasteiger partial charge on any atom is 0.123 e. The largest absolute Gasteiger partial charge is 0.493 e. The molecule has 1 aliphatic rings. The Morgan fingerprint density at radius 1 is 0.925 bits per heavy atom. The molecule has 0 aliphatic carbocycles. The van der Waals surface area contributed by atoms with Gasteiger partial charge in [-0.1, -0.05) is 83.9 Å². The molecule has 1 heterocycles. The van der Waals surface area contributed by atoms with Crippen LogP contribution in [0.15, 0.2) is 103 Å². The topological polar surface area (TPSA) is 21.7 Å². The Morgan fingerprint density at radius 3 is 2.40 bits per heavy atom. The Bertz CT molecular complexity index is 1400. The van der Waals surface area contributed by atoms with Gasteiger partial charge in [0.05, 0.1) is 12.6 Å². The third kappa shape index (κ3) is 6.76. The van der Waals surface area contributed by atoms with Crippen molar-refractivity contribution in [1.82, 2.24) is 0 Å². The average molecular weight is 601 g/mol. The van der Waals surface area contributed by atoms with Crippen LogP contribution < -0.4 is 14.4 Å². The van der Waals surface area contributed by atoms with E-state index in [1.165, 1.54) is 16.7 Å². The van der Waals surface area contributed by atoms with Crippen molar-refractivity contribution in [2.75, 3.05) is 23.4 Å². The van der Waals surface area contributed by atoms with Gasteiger partial charge >= 0.3 is 0 Å². The fraction of sp³-hybridized carbons (Fsp3) is 0.257. The van der Waals surface area contributed by atoms with Gasteiger partial charge in [0, 0.05) is 17.6 Å². The number of hydrogen-bond donors (Lipinski definition) is 0. The highest BCUT2D eigenvalue weighted by molar-refractivity contribution is 9.09. The second kappa shape index (κ2) is 13.7. The molecule has 40 heavy (non-hydrogen) atoms. The molecule has 206 valence electrons. The lowest BCUT2D eigenvalue weighted by Gasteiger charge is -2.41. The SMILES string of the molecule is CCC/C=C(\c1ccc(OCCBr)cc1)C1c2ccc(OCc3ccccc3)cc2CCN1c1ccc(F)cc1. The van der Waals surface area contributed by atoms with Crippen LogP contribution in [0.2, 0.25) is 0 Å². The van der Waals surface area contributed by atoms with E-state index in [0.29, 0.717) is 13.2 Å². The van der Waals surface area contributed by atoms with Gasteiger partial charge in [0.25, 0.3) is 0 Å². The zero-order valence-electron chi connectivity index (χ0n) is 22.9. The van der Waals surface area contributed by atoms with E-state index in [1.54, 1.807) is 12.1 Å². The average Bonchev–Trinajstić information content (AvgIpc) is 3.00. The van der Waals surface area contributed by atoms with E-state index < -0.39 is 0 Å². The van der Waals surface area contributed by atoms with Crippen LogP contribution in [0.3, 0.4) is 0 Å². The van der Waals surface area contributed by atoms with Crippen molar-refractivity contribution in [2.24, 2.45) is 0 Å². The molecule has 1 unspecified atom stereocenters. The summed E-state index contributed by atoms with van der Waals surface area (Å²) in [5.74, 6) is 1.51. The van der Waals surface area contributed by atoms with Crippen molar-refractivity contribution < 1.29 is 13.9 Å². The van der Waals surface area contributed by atoms with E-state index in [-0.39, 0.29) is 11.9 Å². The molecule has 1 aliphatic heterocycles.